The number of rotatable bonds is 3. The van der Waals surface area contributed by atoms with Crippen LogP contribution in [0.1, 0.15) is 37.3 Å². The van der Waals surface area contributed by atoms with E-state index in [0.29, 0.717) is 32.5 Å². The van der Waals surface area contributed by atoms with Crippen molar-refractivity contribution >= 4 is 11.8 Å². The van der Waals surface area contributed by atoms with E-state index in [4.69, 9.17) is 15.7 Å². The average Bonchev–Trinajstić information content (AvgIpc) is 3.14. The van der Waals surface area contributed by atoms with Crippen LogP contribution in [-0.4, -0.2) is 66.0 Å². The summed E-state index contributed by atoms with van der Waals surface area (Å²) in [5, 5.41) is 12.1. The van der Waals surface area contributed by atoms with Gasteiger partial charge in [0.1, 0.15) is 11.8 Å². The van der Waals surface area contributed by atoms with E-state index in [2.05, 4.69) is 11.4 Å². The van der Waals surface area contributed by atoms with Gasteiger partial charge in [-0.15, -0.1) is 0 Å². The van der Waals surface area contributed by atoms with Gasteiger partial charge < -0.3 is 20.7 Å². The van der Waals surface area contributed by atoms with Crippen LogP contribution < -0.4 is 15.8 Å². The van der Waals surface area contributed by atoms with Gasteiger partial charge in [-0.25, -0.2) is 0 Å². The molecular weight excluding hydrogens is 370 g/mol. The van der Waals surface area contributed by atoms with Crippen molar-refractivity contribution in [3.8, 4) is 11.8 Å². The van der Waals surface area contributed by atoms with Gasteiger partial charge in [-0.3, -0.25) is 14.5 Å². The van der Waals surface area contributed by atoms with E-state index in [9.17, 15) is 9.59 Å². The predicted molar refractivity (Wildman–Crippen MR) is 106 cm³/mol. The zero-order valence-corrected chi connectivity index (χ0v) is 16.4. The van der Waals surface area contributed by atoms with Crippen LogP contribution >= 0.6 is 0 Å². The molecule has 2 fully saturated rings. The second-order valence-corrected chi connectivity index (χ2v) is 8.02. The number of nitrogens with zero attached hydrogens (tertiary/aromatic N) is 3. The quantitative estimate of drug-likeness (QED) is 0.720. The minimum Gasteiger partial charge on any atom is -0.493 e. The third kappa shape index (κ3) is 3.93. The fraction of sp³-hybridized carbons (Fsp3) is 0.571. The van der Waals surface area contributed by atoms with Crippen molar-refractivity contribution in [2.75, 3.05) is 26.2 Å². The molecule has 3 N–H and O–H groups in total. The van der Waals surface area contributed by atoms with Crippen LogP contribution in [-0.2, 0) is 9.59 Å². The lowest BCUT2D eigenvalue weighted by Crippen LogP contribution is -2.58. The zero-order valence-electron chi connectivity index (χ0n) is 16.4. The molecule has 154 valence electrons. The molecule has 0 radical (unpaired) electrons. The largest absolute Gasteiger partial charge is 0.493 e. The Bertz CT molecular complexity index is 823. The molecule has 8 heteroatoms. The van der Waals surface area contributed by atoms with Crippen LogP contribution in [0.15, 0.2) is 24.3 Å². The van der Waals surface area contributed by atoms with Crippen LogP contribution in [0, 0.1) is 11.3 Å². The molecule has 8 nitrogen and oxygen atoms in total. The fourth-order valence-corrected chi connectivity index (χ4v) is 4.73. The molecule has 0 bridgehead atoms. The molecule has 4 atom stereocenters. The van der Waals surface area contributed by atoms with E-state index in [1.54, 1.807) is 4.90 Å². The van der Waals surface area contributed by atoms with E-state index < -0.39 is 12.1 Å². The molecule has 3 heterocycles. The van der Waals surface area contributed by atoms with Crippen LogP contribution in [0.2, 0.25) is 0 Å². The van der Waals surface area contributed by atoms with Gasteiger partial charge in [0.2, 0.25) is 11.8 Å². The van der Waals surface area contributed by atoms with Gasteiger partial charge in [0.25, 0.3) is 0 Å². The summed E-state index contributed by atoms with van der Waals surface area (Å²) in [6, 6.07) is 8.54. The number of carbonyl (C=O) groups excluding carboxylic acids is 2. The first-order valence-electron chi connectivity index (χ1n) is 10.3. The molecule has 1 aromatic carbocycles. The number of ether oxygens (including phenoxy) is 1. The molecule has 0 spiro atoms. The number of para-hydroxylation sites is 1. The van der Waals surface area contributed by atoms with Gasteiger partial charge in [-0.05, 0) is 25.3 Å². The number of nitriles is 1. The van der Waals surface area contributed by atoms with Crippen LogP contribution in [0.3, 0.4) is 0 Å². The summed E-state index contributed by atoms with van der Waals surface area (Å²) >= 11 is 0. The number of amides is 2. The highest BCUT2D eigenvalue weighted by atomic mass is 16.5. The van der Waals surface area contributed by atoms with Crippen molar-refractivity contribution in [2.45, 2.75) is 49.9 Å². The molecule has 4 rings (SSSR count). The first kappa shape index (κ1) is 19.7. The number of nitrogens with one attached hydrogen (secondary N) is 1. The molecule has 2 saturated heterocycles. The van der Waals surface area contributed by atoms with Gasteiger partial charge in [0, 0.05) is 31.1 Å². The Morgan fingerprint density at radius 2 is 2.10 bits per heavy atom. The number of carbonyl (C=O) groups is 2. The Labute approximate surface area is 170 Å². The van der Waals surface area contributed by atoms with Crippen molar-refractivity contribution in [1.29, 1.82) is 5.26 Å². The fourth-order valence-electron chi connectivity index (χ4n) is 4.73. The molecule has 0 unspecified atom stereocenters. The third-order valence-corrected chi connectivity index (χ3v) is 6.18. The van der Waals surface area contributed by atoms with Crippen molar-refractivity contribution in [1.82, 2.24) is 15.1 Å². The zero-order chi connectivity index (χ0) is 20.4. The Morgan fingerprint density at radius 3 is 2.93 bits per heavy atom. The second kappa shape index (κ2) is 8.39. The third-order valence-electron chi connectivity index (χ3n) is 6.18. The topological polar surface area (TPSA) is 112 Å². The second-order valence-electron chi connectivity index (χ2n) is 8.02. The SMILES string of the molecule is N#CCN1CC[C@H]2CC[C@@H](C(=O)N[C@@H]3CCOc4ccccc43)N2C(=O)[C@@H](N)C1. The highest BCUT2D eigenvalue weighted by Gasteiger charge is 2.44. The molecule has 0 aromatic heterocycles. The average molecular weight is 397 g/mol. The summed E-state index contributed by atoms with van der Waals surface area (Å²) in [7, 11) is 0. The molecule has 3 aliphatic rings. The molecule has 3 aliphatic heterocycles. The number of hydrogen-bond acceptors (Lipinski definition) is 6. The van der Waals surface area contributed by atoms with E-state index >= 15 is 0 Å². The monoisotopic (exact) mass is 397 g/mol. The molecular formula is C21H27N5O3. The number of nitrogens with two attached hydrogens (primary N) is 1. The lowest BCUT2D eigenvalue weighted by molar-refractivity contribution is -0.143. The van der Waals surface area contributed by atoms with E-state index in [-0.39, 0.29) is 30.4 Å². The van der Waals surface area contributed by atoms with Crippen molar-refractivity contribution < 1.29 is 14.3 Å². The van der Waals surface area contributed by atoms with Gasteiger partial charge in [0.15, 0.2) is 0 Å². The molecule has 0 aliphatic carbocycles. The number of fused-ring (bicyclic) bond motifs is 2. The summed E-state index contributed by atoms with van der Waals surface area (Å²) in [5.41, 5.74) is 7.12. The van der Waals surface area contributed by atoms with Gasteiger partial charge in [0.05, 0.1) is 31.3 Å². The Kier molecular flexibility index (Phi) is 5.69. The Morgan fingerprint density at radius 1 is 1.28 bits per heavy atom. The Hall–Kier alpha value is -2.63. The molecule has 0 saturated carbocycles. The summed E-state index contributed by atoms with van der Waals surface area (Å²) in [4.78, 5) is 29.8. The van der Waals surface area contributed by atoms with Gasteiger partial charge in [-0.1, -0.05) is 18.2 Å². The number of benzene rings is 1. The molecule has 1 aromatic rings. The Balaban J connectivity index is 1.48. The van der Waals surface area contributed by atoms with Crippen molar-refractivity contribution in [3.63, 3.8) is 0 Å². The highest BCUT2D eigenvalue weighted by molar-refractivity contribution is 5.91. The summed E-state index contributed by atoms with van der Waals surface area (Å²) in [6.45, 7) is 1.87. The first-order chi connectivity index (χ1) is 14.1. The maximum atomic E-state index is 13.2. The first-order valence-corrected chi connectivity index (χ1v) is 10.3. The van der Waals surface area contributed by atoms with E-state index in [1.165, 1.54) is 0 Å². The standard InChI is InChI=1S/C21H27N5O3/c22-9-11-25-10-7-14-5-6-18(26(14)21(28)16(23)13-25)20(27)24-17-8-12-29-19-4-2-1-3-15(17)19/h1-4,14,16-18H,5-8,10-13,23H2,(H,24,27)/t14-,16+,17-,18+/m1/s1. The smallest absolute Gasteiger partial charge is 0.243 e. The maximum Gasteiger partial charge on any atom is 0.243 e. The minimum absolute atomic E-state index is 0.00670. The van der Waals surface area contributed by atoms with Crippen LogP contribution in [0.5, 0.6) is 5.75 Å². The lowest BCUT2D eigenvalue weighted by Gasteiger charge is -2.37. The van der Waals surface area contributed by atoms with Crippen molar-refractivity contribution in [2.24, 2.45) is 5.73 Å². The maximum absolute atomic E-state index is 13.2. The summed E-state index contributed by atoms with van der Waals surface area (Å²) < 4.78 is 5.68. The summed E-state index contributed by atoms with van der Waals surface area (Å²) in [5.74, 6) is 0.488. The van der Waals surface area contributed by atoms with E-state index in [0.717, 1.165) is 24.2 Å². The number of hydrogen-bond donors (Lipinski definition) is 2. The molecule has 29 heavy (non-hydrogen) atoms. The highest BCUT2D eigenvalue weighted by Crippen LogP contribution is 2.33. The normalized spacial score (nSPS) is 29.7. The summed E-state index contributed by atoms with van der Waals surface area (Å²) in [6.07, 6.45) is 2.87. The minimum atomic E-state index is -0.719. The van der Waals surface area contributed by atoms with Crippen LogP contribution in [0.25, 0.3) is 0 Å². The van der Waals surface area contributed by atoms with E-state index in [1.807, 2.05) is 29.2 Å². The molecule has 2 amide bonds. The lowest BCUT2D eigenvalue weighted by atomic mass is 10.00. The van der Waals surface area contributed by atoms with Gasteiger partial charge in [-0.2, -0.15) is 5.26 Å². The van der Waals surface area contributed by atoms with Crippen LogP contribution in [0.4, 0.5) is 0 Å². The van der Waals surface area contributed by atoms with Crippen molar-refractivity contribution in [3.05, 3.63) is 29.8 Å². The predicted octanol–water partition coefficient (Wildman–Crippen LogP) is 0.543. The van der Waals surface area contributed by atoms with Gasteiger partial charge >= 0.3 is 0 Å².